The average molecular weight is 310 g/mol. The highest BCUT2D eigenvalue weighted by molar-refractivity contribution is 9.10. The van der Waals surface area contributed by atoms with Gasteiger partial charge in [-0.2, -0.15) is 0 Å². The number of carbonyl (C=O) groups is 1. The molecule has 0 aliphatic rings. The normalized spacial score (nSPS) is 10.2. The van der Waals surface area contributed by atoms with Crippen LogP contribution in [0.25, 0.3) is 0 Å². The molecular formula is C12H8BrNO2S. The number of nitrogens with zero attached hydrogens (tertiary/aromatic N) is 1. The van der Waals surface area contributed by atoms with Crippen molar-refractivity contribution in [2.75, 3.05) is 0 Å². The molecular weight excluding hydrogens is 302 g/mol. The average Bonchev–Trinajstić information content (AvgIpc) is 2.29. The van der Waals surface area contributed by atoms with E-state index in [2.05, 4.69) is 20.9 Å². The summed E-state index contributed by atoms with van der Waals surface area (Å²) < 4.78 is 0.995. The first-order valence-electron chi connectivity index (χ1n) is 4.78. The molecule has 1 aromatic heterocycles. The van der Waals surface area contributed by atoms with Gasteiger partial charge in [-0.1, -0.05) is 33.8 Å². The molecule has 0 aliphatic heterocycles. The number of benzene rings is 1. The van der Waals surface area contributed by atoms with E-state index in [1.807, 2.05) is 24.3 Å². The molecule has 0 fully saturated rings. The summed E-state index contributed by atoms with van der Waals surface area (Å²) in [5, 5.41) is 8.84. The van der Waals surface area contributed by atoms with Crippen LogP contribution in [0.3, 0.4) is 0 Å². The molecule has 86 valence electrons. The number of carboxylic acid groups (broad SMARTS) is 1. The van der Waals surface area contributed by atoms with Gasteiger partial charge in [-0.05, 0) is 30.3 Å². The SMILES string of the molecule is O=C(O)c1cc(Sc2cccc(Br)c2)ccn1. The maximum atomic E-state index is 10.8. The largest absolute Gasteiger partial charge is 0.477 e. The Balaban J connectivity index is 2.24. The minimum Gasteiger partial charge on any atom is -0.477 e. The minimum absolute atomic E-state index is 0.0602. The topological polar surface area (TPSA) is 50.2 Å². The predicted molar refractivity (Wildman–Crippen MR) is 69.5 cm³/mol. The first-order chi connectivity index (χ1) is 8.15. The van der Waals surface area contributed by atoms with Crippen LogP contribution in [0.15, 0.2) is 56.9 Å². The van der Waals surface area contributed by atoms with Gasteiger partial charge in [0.15, 0.2) is 0 Å². The van der Waals surface area contributed by atoms with E-state index in [1.165, 1.54) is 18.0 Å². The Hall–Kier alpha value is -1.33. The molecule has 0 spiro atoms. The molecule has 2 aromatic rings. The van der Waals surface area contributed by atoms with Gasteiger partial charge < -0.3 is 5.11 Å². The van der Waals surface area contributed by atoms with Gasteiger partial charge >= 0.3 is 5.97 Å². The highest BCUT2D eigenvalue weighted by atomic mass is 79.9. The van der Waals surface area contributed by atoms with Crippen molar-refractivity contribution in [3.05, 3.63) is 52.8 Å². The monoisotopic (exact) mass is 309 g/mol. The molecule has 0 amide bonds. The van der Waals surface area contributed by atoms with E-state index in [9.17, 15) is 4.79 Å². The van der Waals surface area contributed by atoms with Crippen molar-refractivity contribution in [2.24, 2.45) is 0 Å². The van der Waals surface area contributed by atoms with Crippen molar-refractivity contribution >= 4 is 33.7 Å². The Morgan fingerprint density at radius 3 is 2.71 bits per heavy atom. The second kappa shape index (κ2) is 5.33. The predicted octanol–water partition coefficient (Wildman–Crippen LogP) is 3.69. The van der Waals surface area contributed by atoms with E-state index in [4.69, 9.17) is 5.11 Å². The summed E-state index contributed by atoms with van der Waals surface area (Å²) >= 11 is 4.89. The van der Waals surface area contributed by atoms with Crippen molar-refractivity contribution < 1.29 is 9.90 Å². The fraction of sp³-hybridized carbons (Fsp3) is 0. The van der Waals surface area contributed by atoms with Crippen molar-refractivity contribution in [3.8, 4) is 0 Å². The fourth-order valence-electron chi connectivity index (χ4n) is 1.26. The van der Waals surface area contributed by atoms with E-state index in [0.717, 1.165) is 14.3 Å². The second-order valence-electron chi connectivity index (χ2n) is 3.24. The Bertz CT molecular complexity index is 560. The van der Waals surface area contributed by atoms with Gasteiger partial charge in [-0.3, -0.25) is 0 Å². The van der Waals surface area contributed by atoms with Crippen LogP contribution in [0.1, 0.15) is 10.5 Å². The van der Waals surface area contributed by atoms with E-state index < -0.39 is 5.97 Å². The number of rotatable bonds is 3. The van der Waals surface area contributed by atoms with Gasteiger partial charge in [0.2, 0.25) is 0 Å². The summed E-state index contributed by atoms with van der Waals surface area (Å²) in [5.74, 6) is -1.01. The summed E-state index contributed by atoms with van der Waals surface area (Å²) in [4.78, 5) is 16.5. The third-order valence-electron chi connectivity index (χ3n) is 1.98. The van der Waals surface area contributed by atoms with Gasteiger partial charge in [0.1, 0.15) is 5.69 Å². The second-order valence-corrected chi connectivity index (χ2v) is 5.30. The van der Waals surface area contributed by atoms with Gasteiger partial charge in [0, 0.05) is 20.5 Å². The Labute approximate surface area is 111 Å². The fourth-order valence-corrected chi connectivity index (χ4v) is 2.71. The summed E-state index contributed by atoms with van der Waals surface area (Å²) in [5.41, 5.74) is 0.0602. The van der Waals surface area contributed by atoms with Crippen LogP contribution >= 0.6 is 27.7 Å². The molecule has 2 rings (SSSR count). The Morgan fingerprint density at radius 2 is 2.00 bits per heavy atom. The maximum absolute atomic E-state index is 10.8. The van der Waals surface area contributed by atoms with Crippen LogP contribution in [0.5, 0.6) is 0 Å². The van der Waals surface area contributed by atoms with Gasteiger partial charge in [-0.15, -0.1) is 0 Å². The van der Waals surface area contributed by atoms with Gasteiger partial charge in [0.25, 0.3) is 0 Å². The van der Waals surface area contributed by atoms with Crippen LogP contribution in [0.2, 0.25) is 0 Å². The standard InChI is InChI=1S/C12H8BrNO2S/c13-8-2-1-3-9(6-8)17-10-4-5-14-11(7-10)12(15)16/h1-7H,(H,15,16). The van der Waals surface area contributed by atoms with Gasteiger partial charge in [-0.25, -0.2) is 9.78 Å². The van der Waals surface area contributed by atoms with E-state index in [0.29, 0.717) is 0 Å². The lowest BCUT2D eigenvalue weighted by Gasteiger charge is -2.02. The van der Waals surface area contributed by atoms with Crippen LogP contribution in [0, 0.1) is 0 Å². The molecule has 1 aromatic carbocycles. The maximum Gasteiger partial charge on any atom is 0.354 e. The number of aromatic carboxylic acids is 1. The minimum atomic E-state index is -1.01. The number of hydrogen-bond donors (Lipinski definition) is 1. The molecule has 0 radical (unpaired) electrons. The molecule has 3 nitrogen and oxygen atoms in total. The summed E-state index contributed by atoms with van der Waals surface area (Å²) in [7, 11) is 0. The number of pyridine rings is 1. The molecule has 0 saturated carbocycles. The van der Waals surface area contributed by atoms with Crippen molar-refractivity contribution in [3.63, 3.8) is 0 Å². The number of halogens is 1. The first kappa shape index (κ1) is 12.1. The van der Waals surface area contributed by atoms with E-state index in [1.54, 1.807) is 12.1 Å². The zero-order valence-electron chi connectivity index (χ0n) is 8.63. The number of carboxylic acids is 1. The molecule has 0 unspecified atom stereocenters. The molecule has 0 bridgehead atoms. The van der Waals surface area contributed by atoms with E-state index in [-0.39, 0.29) is 5.69 Å². The van der Waals surface area contributed by atoms with Crippen molar-refractivity contribution in [2.45, 2.75) is 9.79 Å². The Kier molecular flexibility index (Phi) is 3.81. The molecule has 5 heteroatoms. The lowest BCUT2D eigenvalue weighted by Crippen LogP contribution is -1.99. The summed E-state index contributed by atoms with van der Waals surface area (Å²) in [6.07, 6.45) is 1.50. The molecule has 0 atom stereocenters. The van der Waals surface area contributed by atoms with E-state index >= 15 is 0 Å². The molecule has 1 heterocycles. The van der Waals surface area contributed by atoms with Gasteiger partial charge in [0.05, 0.1) is 0 Å². The van der Waals surface area contributed by atoms with Crippen LogP contribution < -0.4 is 0 Å². The first-order valence-corrected chi connectivity index (χ1v) is 6.39. The zero-order valence-corrected chi connectivity index (χ0v) is 11.0. The third-order valence-corrected chi connectivity index (χ3v) is 3.45. The molecule has 1 N–H and O–H groups in total. The Morgan fingerprint density at radius 1 is 1.24 bits per heavy atom. The lowest BCUT2D eigenvalue weighted by molar-refractivity contribution is 0.0690. The summed E-state index contributed by atoms with van der Waals surface area (Å²) in [6.45, 7) is 0. The van der Waals surface area contributed by atoms with Crippen molar-refractivity contribution in [1.29, 1.82) is 0 Å². The van der Waals surface area contributed by atoms with Crippen molar-refractivity contribution in [1.82, 2.24) is 4.98 Å². The van der Waals surface area contributed by atoms with Crippen LogP contribution in [0.4, 0.5) is 0 Å². The highest BCUT2D eigenvalue weighted by Gasteiger charge is 2.06. The number of hydrogen-bond acceptors (Lipinski definition) is 3. The van der Waals surface area contributed by atoms with Crippen LogP contribution in [-0.4, -0.2) is 16.1 Å². The third kappa shape index (κ3) is 3.31. The highest BCUT2D eigenvalue weighted by Crippen LogP contribution is 2.29. The molecule has 0 aliphatic carbocycles. The summed E-state index contributed by atoms with van der Waals surface area (Å²) in [6, 6.07) is 11.2. The lowest BCUT2D eigenvalue weighted by atomic mass is 10.3. The quantitative estimate of drug-likeness (QED) is 0.939. The zero-order chi connectivity index (χ0) is 12.3. The number of aromatic nitrogens is 1. The smallest absolute Gasteiger partial charge is 0.354 e. The molecule has 0 saturated heterocycles. The molecule has 17 heavy (non-hydrogen) atoms. The van der Waals surface area contributed by atoms with Crippen LogP contribution in [-0.2, 0) is 0 Å².